The lowest BCUT2D eigenvalue weighted by molar-refractivity contribution is -0.134. The van der Waals surface area contributed by atoms with Crippen LogP contribution in [0.4, 0.5) is 0 Å². The van der Waals surface area contributed by atoms with Gasteiger partial charge in [-0.2, -0.15) is 5.06 Å². The average Bonchev–Trinajstić information content (AvgIpc) is 1.97. The van der Waals surface area contributed by atoms with Gasteiger partial charge in [-0.15, -0.1) is 12.4 Å². The summed E-state index contributed by atoms with van der Waals surface area (Å²) in [5, 5.41) is 9.52. The van der Waals surface area contributed by atoms with E-state index in [1.54, 1.807) is 13.8 Å². The SMILES string of the molecule is CCN(CC)OP(=O)(O)CC(=O)O.Cl. The summed E-state index contributed by atoms with van der Waals surface area (Å²) in [4.78, 5) is 19.2. The Labute approximate surface area is 88.8 Å². The molecule has 6 nitrogen and oxygen atoms in total. The number of hydrogen-bond acceptors (Lipinski definition) is 4. The molecule has 0 saturated carbocycles. The van der Waals surface area contributed by atoms with Crippen molar-refractivity contribution in [1.82, 2.24) is 5.06 Å². The zero-order valence-corrected chi connectivity index (χ0v) is 9.75. The number of nitrogens with zero attached hydrogens (tertiary/aromatic N) is 1. The van der Waals surface area contributed by atoms with Gasteiger partial charge in [-0.05, 0) is 0 Å². The first-order valence-corrected chi connectivity index (χ1v) is 5.65. The molecule has 0 aliphatic heterocycles. The van der Waals surface area contributed by atoms with Crippen molar-refractivity contribution < 1.29 is 24.0 Å². The molecule has 0 fully saturated rings. The lowest BCUT2D eigenvalue weighted by Gasteiger charge is -2.20. The van der Waals surface area contributed by atoms with Gasteiger partial charge in [0.05, 0.1) is 0 Å². The highest BCUT2D eigenvalue weighted by atomic mass is 35.5. The minimum absolute atomic E-state index is 0. The van der Waals surface area contributed by atoms with Gasteiger partial charge in [0.1, 0.15) is 6.16 Å². The Kier molecular flexibility index (Phi) is 8.39. The Morgan fingerprint density at radius 1 is 1.43 bits per heavy atom. The molecular formula is C6H15ClNO5P. The number of halogens is 1. The summed E-state index contributed by atoms with van der Waals surface area (Å²) >= 11 is 0. The van der Waals surface area contributed by atoms with Gasteiger partial charge < -0.3 is 10.00 Å². The lowest BCUT2D eigenvalue weighted by Crippen LogP contribution is -2.23. The fourth-order valence-electron chi connectivity index (χ4n) is 0.719. The highest BCUT2D eigenvalue weighted by Gasteiger charge is 2.26. The normalized spacial score (nSPS) is 14.6. The van der Waals surface area contributed by atoms with E-state index in [-0.39, 0.29) is 12.4 Å². The molecule has 0 aromatic heterocycles. The number of carbonyl (C=O) groups is 1. The Morgan fingerprint density at radius 3 is 2.14 bits per heavy atom. The van der Waals surface area contributed by atoms with E-state index in [4.69, 9.17) is 10.00 Å². The molecule has 0 heterocycles. The molecule has 8 heteroatoms. The first kappa shape index (κ1) is 16.3. The molecule has 0 aliphatic rings. The van der Waals surface area contributed by atoms with Crippen molar-refractivity contribution in [3.8, 4) is 0 Å². The lowest BCUT2D eigenvalue weighted by atomic mass is 10.6. The molecule has 0 radical (unpaired) electrons. The minimum Gasteiger partial charge on any atom is -0.481 e. The van der Waals surface area contributed by atoms with Crippen molar-refractivity contribution in [2.45, 2.75) is 13.8 Å². The second-order valence-electron chi connectivity index (χ2n) is 2.39. The molecule has 14 heavy (non-hydrogen) atoms. The quantitative estimate of drug-likeness (QED) is 0.537. The molecule has 0 spiro atoms. The monoisotopic (exact) mass is 247 g/mol. The largest absolute Gasteiger partial charge is 0.481 e. The molecule has 2 N–H and O–H groups in total. The Hall–Kier alpha value is -0.130. The topological polar surface area (TPSA) is 87.1 Å². The van der Waals surface area contributed by atoms with Gasteiger partial charge in [-0.25, -0.2) is 4.62 Å². The van der Waals surface area contributed by atoms with E-state index in [9.17, 15) is 9.36 Å². The summed E-state index contributed by atoms with van der Waals surface area (Å²) in [5.41, 5.74) is 0. The smallest absolute Gasteiger partial charge is 0.355 e. The van der Waals surface area contributed by atoms with Crippen molar-refractivity contribution in [3.05, 3.63) is 0 Å². The number of rotatable bonds is 6. The predicted octanol–water partition coefficient (Wildman–Crippen LogP) is 0.952. The van der Waals surface area contributed by atoms with E-state index < -0.39 is 19.7 Å². The number of hydroxylamine groups is 2. The van der Waals surface area contributed by atoms with Crippen molar-refractivity contribution >= 4 is 26.0 Å². The van der Waals surface area contributed by atoms with Gasteiger partial charge in [0.15, 0.2) is 0 Å². The van der Waals surface area contributed by atoms with Gasteiger partial charge in [-0.1, -0.05) is 13.8 Å². The third-order valence-electron chi connectivity index (χ3n) is 1.28. The third-order valence-corrected chi connectivity index (χ3v) is 2.44. The van der Waals surface area contributed by atoms with Crippen LogP contribution in [0, 0.1) is 0 Å². The summed E-state index contributed by atoms with van der Waals surface area (Å²) < 4.78 is 15.7. The van der Waals surface area contributed by atoms with Crippen LogP contribution in [0.5, 0.6) is 0 Å². The van der Waals surface area contributed by atoms with Crippen LogP contribution in [0.25, 0.3) is 0 Å². The summed E-state index contributed by atoms with van der Waals surface area (Å²) in [6.07, 6.45) is -0.872. The fourth-order valence-corrected chi connectivity index (χ4v) is 1.71. The minimum atomic E-state index is -4.01. The Morgan fingerprint density at radius 2 is 1.86 bits per heavy atom. The zero-order valence-electron chi connectivity index (χ0n) is 8.04. The molecule has 0 amide bonds. The van der Waals surface area contributed by atoms with Crippen LogP contribution in [0.2, 0.25) is 0 Å². The van der Waals surface area contributed by atoms with Crippen LogP contribution in [0.15, 0.2) is 0 Å². The summed E-state index contributed by atoms with van der Waals surface area (Å²) in [5.74, 6) is -1.35. The van der Waals surface area contributed by atoms with Gasteiger partial charge in [-0.3, -0.25) is 9.36 Å². The summed E-state index contributed by atoms with van der Waals surface area (Å²) in [7, 11) is -4.01. The van der Waals surface area contributed by atoms with E-state index in [2.05, 4.69) is 4.62 Å². The molecule has 0 saturated heterocycles. The van der Waals surface area contributed by atoms with E-state index in [0.29, 0.717) is 13.1 Å². The van der Waals surface area contributed by atoms with Crippen LogP contribution in [-0.4, -0.2) is 40.3 Å². The fraction of sp³-hybridized carbons (Fsp3) is 0.833. The molecule has 0 aromatic carbocycles. The molecule has 0 aromatic rings. The maximum atomic E-state index is 11.1. The van der Waals surface area contributed by atoms with Crippen molar-refractivity contribution in [3.63, 3.8) is 0 Å². The van der Waals surface area contributed by atoms with Crippen molar-refractivity contribution in [2.24, 2.45) is 0 Å². The highest BCUT2D eigenvalue weighted by Crippen LogP contribution is 2.42. The highest BCUT2D eigenvalue weighted by molar-refractivity contribution is 7.53. The molecular weight excluding hydrogens is 232 g/mol. The maximum absolute atomic E-state index is 11.1. The van der Waals surface area contributed by atoms with Crippen LogP contribution < -0.4 is 0 Å². The van der Waals surface area contributed by atoms with E-state index >= 15 is 0 Å². The summed E-state index contributed by atoms with van der Waals surface area (Å²) in [6.45, 7) is 4.34. The predicted molar refractivity (Wildman–Crippen MR) is 53.6 cm³/mol. The standard InChI is InChI=1S/C6H14NO5P.ClH/c1-3-7(4-2)12-13(10,11)5-6(8)9;/h3-5H2,1-2H3,(H,8,9)(H,10,11);1H. The number of carboxylic acid groups (broad SMARTS) is 1. The molecule has 0 aliphatic carbocycles. The number of aliphatic carboxylic acids is 1. The van der Waals surface area contributed by atoms with Gasteiger partial charge in [0.2, 0.25) is 0 Å². The molecule has 86 valence electrons. The number of hydrogen-bond donors (Lipinski definition) is 2. The Bertz CT molecular complexity index is 220. The molecule has 1 atom stereocenters. The van der Waals surface area contributed by atoms with Gasteiger partial charge >= 0.3 is 13.6 Å². The second kappa shape index (κ2) is 7.20. The third kappa shape index (κ3) is 7.29. The number of carboxylic acids is 1. The second-order valence-corrected chi connectivity index (χ2v) is 4.14. The first-order chi connectivity index (χ1) is 5.91. The zero-order chi connectivity index (χ0) is 10.5. The van der Waals surface area contributed by atoms with E-state index in [0.717, 1.165) is 0 Å². The molecule has 0 rings (SSSR count). The maximum Gasteiger partial charge on any atom is 0.355 e. The van der Waals surface area contributed by atoms with Crippen molar-refractivity contribution in [1.29, 1.82) is 0 Å². The van der Waals surface area contributed by atoms with Crippen molar-refractivity contribution in [2.75, 3.05) is 19.3 Å². The van der Waals surface area contributed by atoms with Crippen LogP contribution in [-0.2, 0) is 14.0 Å². The van der Waals surface area contributed by atoms with E-state index in [1.165, 1.54) is 5.06 Å². The Balaban J connectivity index is 0. The van der Waals surface area contributed by atoms with Crippen LogP contribution >= 0.6 is 20.0 Å². The van der Waals surface area contributed by atoms with Crippen LogP contribution in [0.1, 0.15) is 13.8 Å². The molecule has 1 unspecified atom stereocenters. The first-order valence-electron chi connectivity index (χ1n) is 3.89. The average molecular weight is 248 g/mol. The van der Waals surface area contributed by atoms with E-state index in [1.807, 2.05) is 0 Å². The summed E-state index contributed by atoms with van der Waals surface area (Å²) in [6, 6.07) is 0. The van der Waals surface area contributed by atoms with Gasteiger partial charge in [0, 0.05) is 13.1 Å². The molecule has 0 bridgehead atoms. The van der Waals surface area contributed by atoms with Gasteiger partial charge in [0.25, 0.3) is 0 Å². The van der Waals surface area contributed by atoms with Crippen LogP contribution in [0.3, 0.4) is 0 Å².